The summed E-state index contributed by atoms with van der Waals surface area (Å²) < 4.78 is 1.75. The first-order valence-electron chi connectivity index (χ1n) is 3.87. The normalized spacial score (nSPS) is 11.2. The van der Waals surface area contributed by atoms with Crippen LogP contribution in [0.15, 0.2) is 6.33 Å². The molecule has 3 heteroatoms. The second kappa shape index (κ2) is 2.98. The van der Waals surface area contributed by atoms with Crippen LogP contribution < -0.4 is 0 Å². The molecule has 0 spiro atoms. The maximum absolute atomic E-state index is 5.24. The zero-order valence-corrected chi connectivity index (χ0v) is 7.70. The molecular formula is C9H13N3. The van der Waals surface area contributed by atoms with Crippen molar-refractivity contribution in [3.63, 3.8) is 0 Å². The lowest BCUT2D eigenvalue weighted by atomic mass is 9.97. The van der Waals surface area contributed by atoms with Crippen molar-refractivity contribution >= 4 is 0 Å². The van der Waals surface area contributed by atoms with Crippen LogP contribution in [-0.2, 0) is 6.54 Å². The topological polar surface area (TPSA) is 30.7 Å². The Hall–Kier alpha value is -1.30. The lowest BCUT2D eigenvalue weighted by Crippen LogP contribution is -2.17. The highest BCUT2D eigenvalue weighted by atomic mass is 15.3. The highest BCUT2D eigenvalue weighted by molar-refractivity contribution is 5.14. The monoisotopic (exact) mass is 163 g/mol. The molecule has 0 bridgehead atoms. The molecule has 0 fully saturated rings. The highest BCUT2D eigenvalue weighted by Gasteiger charge is 2.13. The molecule has 1 aromatic heterocycles. The van der Waals surface area contributed by atoms with E-state index in [1.54, 1.807) is 4.68 Å². The molecule has 0 N–H and O–H groups in total. The van der Waals surface area contributed by atoms with E-state index in [1.165, 1.54) is 6.33 Å². The smallest absolute Gasteiger partial charge is 0.203 e. The second-order valence-corrected chi connectivity index (χ2v) is 3.95. The van der Waals surface area contributed by atoms with Gasteiger partial charge in [0.15, 0.2) is 0 Å². The molecule has 0 amide bonds. The number of nitrogens with zero attached hydrogens (tertiary/aromatic N) is 3. The Morgan fingerprint density at radius 3 is 2.75 bits per heavy atom. The minimum atomic E-state index is 0.180. The van der Waals surface area contributed by atoms with Crippen LogP contribution in [0.25, 0.3) is 0 Å². The summed E-state index contributed by atoms with van der Waals surface area (Å²) in [5.74, 6) is 3.09. The van der Waals surface area contributed by atoms with E-state index in [2.05, 4.69) is 36.8 Å². The quantitative estimate of drug-likeness (QED) is 0.584. The third-order valence-corrected chi connectivity index (χ3v) is 1.37. The zero-order chi connectivity index (χ0) is 9.19. The Kier molecular flexibility index (Phi) is 2.18. The summed E-state index contributed by atoms with van der Waals surface area (Å²) in [4.78, 5) is 3.93. The fourth-order valence-electron chi connectivity index (χ4n) is 0.941. The van der Waals surface area contributed by atoms with Gasteiger partial charge in [0.1, 0.15) is 6.33 Å². The SMILES string of the molecule is C#Cc1ncnn1CC(C)(C)C. The molecule has 1 heterocycles. The summed E-state index contributed by atoms with van der Waals surface area (Å²) in [5, 5.41) is 4.04. The van der Waals surface area contributed by atoms with Gasteiger partial charge in [-0.15, -0.1) is 6.42 Å². The Bertz CT molecular complexity index is 298. The second-order valence-electron chi connectivity index (χ2n) is 3.95. The maximum atomic E-state index is 5.24. The Morgan fingerprint density at radius 2 is 2.25 bits per heavy atom. The summed E-state index contributed by atoms with van der Waals surface area (Å²) in [5.41, 5.74) is 0.180. The van der Waals surface area contributed by atoms with Gasteiger partial charge in [-0.1, -0.05) is 20.8 Å². The van der Waals surface area contributed by atoms with Crippen molar-refractivity contribution < 1.29 is 0 Å². The van der Waals surface area contributed by atoms with Crippen molar-refractivity contribution in [1.29, 1.82) is 0 Å². The summed E-state index contributed by atoms with van der Waals surface area (Å²) in [6.45, 7) is 7.20. The van der Waals surface area contributed by atoms with Gasteiger partial charge in [-0.05, 0) is 11.3 Å². The lowest BCUT2D eigenvalue weighted by molar-refractivity contribution is 0.323. The molecule has 12 heavy (non-hydrogen) atoms. The molecule has 0 saturated heterocycles. The number of hydrogen-bond acceptors (Lipinski definition) is 2. The van der Waals surface area contributed by atoms with Gasteiger partial charge in [0.2, 0.25) is 5.82 Å². The largest absolute Gasteiger partial charge is 0.239 e. The average Bonchev–Trinajstić information content (AvgIpc) is 2.31. The maximum Gasteiger partial charge on any atom is 0.203 e. The van der Waals surface area contributed by atoms with Crippen molar-refractivity contribution in [3.05, 3.63) is 12.2 Å². The van der Waals surface area contributed by atoms with Gasteiger partial charge in [-0.2, -0.15) is 5.10 Å². The Morgan fingerprint density at radius 1 is 1.58 bits per heavy atom. The molecule has 0 unspecified atom stereocenters. The van der Waals surface area contributed by atoms with E-state index >= 15 is 0 Å². The van der Waals surface area contributed by atoms with Crippen molar-refractivity contribution in [2.24, 2.45) is 5.41 Å². The summed E-state index contributed by atoms with van der Waals surface area (Å²) in [6, 6.07) is 0. The summed E-state index contributed by atoms with van der Waals surface area (Å²) in [6.07, 6.45) is 6.73. The molecule has 0 aromatic carbocycles. The van der Waals surface area contributed by atoms with Gasteiger partial charge in [0.05, 0.1) is 0 Å². The van der Waals surface area contributed by atoms with E-state index in [4.69, 9.17) is 6.42 Å². The van der Waals surface area contributed by atoms with E-state index in [-0.39, 0.29) is 5.41 Å². The van der Waals surface area contributed by atoms with Crippen LogP contribution in [-0.4, -0.2) is 14.8 Å². The third kappa shape index (κ3) is 2.09. The van der Waals surface area contributed by atoms with Gasteiger partial charge in [0.25, 0.3) is 0 Å². The molecule has 0 saturated carbocycles. The molecule has 0 aliphatic rings. The Balaban J connectivity index is 2.84. The van der Waals surface area contributed by atoms with Crippen LogP contribution in [0.3, 0.4) is 0 Å². The van der Waals surface area contributed by atoms with Crippen LogP contribution in [0, 0.1) is 17.8 Å². The molecule has 0 aliphatic heterocycles. The van der Waals surface area contributed by atoms with E-state index in [0.717, 1.165) is 6.54 Å². The molecular weight excluding hydrogens is 150 g/mol. The van der Waals surface area contributed by atoms with E-state index in [1.807, 2.05) is 0 Å². The number of terminal acetylenes is 1. The van der Waals surface area contributed by atoms with Gasteiger partial charge >= 0.3 is 0 Å². The van der Waals surface area contributed by atoms with Crippen molar-refractivity contribution in [1.82, 2.24) is 14.8 Å². The first-order chi connectivity index (χ1) is 5.53. The zero-order valence-electron chi connectivity index (χ0n) is 7.70. The number of rotatable bonds is 1. The van der Waals surface area contributed by atoms with E-state index in [9.17, 15) is 0 Å². The molecule has 3 nitrogen and oxygen atoms in total. The van der Waals surface area contributed by atoms with Crippen LogP contribution in [0.5, 0.6) is 0 Å². The van der Waals surface area contributed by atoms with Gasteiger partial charge in [-0.3, -0.25) is 0 Å². The van der Waals surface area contributed by atoms with Crippen molar-refractivity contribution in [2.75, 3.05) is 0 Å². The lowest BCUT2D eigenvalue weighted by Gasteiger charge is -2.17. The number of aromatic nitrogens is 3. The molecule has 64 valence electrons. The van der Waals surface area contributed by atoms with E-state index < -0.39 is 0 Å². The fourth-order valence-corrected chi connectivity index (χ4v) is 0.941. The van der Waals surface area contributed by atoms with Crippen molar-refractivity contribution in [3.8, 4) is 12.3 Å². The minimum absolute atomic E-state index is 0.180. The summed E-state index contributed by atoms with van der Waals surface area (Å²) >= 11 is 0. The first-order valence-corrected chi connectivity index (χ1v) is 3.87. The minimum Gasteiger partial charge on any atom is -0.239 e. The molecule has 0 atom stereocenters. The van der Waals surface area contributed by atoms with Crippen LogP contribution in [0.4, 0.5) is 0 Å². The van der Waals surface area contributed by atoms with Crippen LogP contribution >= 0.6 is 0 Å². The predicted octanol–water partition coefficient (Wildman–Crippen LogP) is 1.31. The molecule has 1 rings (SSSR count). The van der Waals surface area contributed by atoms with Gasteiger partial charge in [-0.25, -0.2) is 9.67 Å². The predicted molar refractivity (Wildman–Crippen MR) is 47.4 cm³/mol. The molecule has 0 aliphatic carbocycles. The number of hydrogen-bond donors (Lipinski definition) is 0. The summed E-state index contributed by atoms with van der Waals surface area (Å²) in [7, 11) is 0. The average molecular weight is 163 g/mol. The van der Waals surface area contributed by atoms with Crippen LogP contribution in [0.2, 0.25) is 0 Å². The van der Waals surface area contributed by atoms with E-state index in [0.29, 0.717) is 5.82 Å². The first kappa shape index (κ1) is 8.79. The third-order valence-electron chi connectivity index (χ3n) is 1.37. The van der Waals surface area contributed by atoms with Crippen LogP contribution in [0.1, 0.15) is 26.6 Å². The Labute approximate surface area is 72.8 Å². The standard InChI is InChI=1S/C9H13N3/c1-5-8-10-7-11-12(8)6-9(2,3)4/h1,7H,6H2,2-4H3. The molecule has 0 radical (unpaired) electrons. The fraction of sp³-hybridized carbons (Fsp3) is 0.556. The molecule has 1 aromatic rings. The van der Waals surface area contributed by atoms with Gasteiger partial charge < -0.3 is 0 Å². The highest BCUT2D eigenvalue weighted by Crippen LogP contribution is 2.15. The van der Waals surface area contributed by atoms with Gasteiger partial charge in [0, 0.05) is 6.54 Å². The van der Waals surface area contributed by atoms with Crippen molar-refractivity contribution in [2.45, 2.75) is 27.3 Å².